The van der Waals surface area contributed by atoms with E-state index in [0.717, 1.165) is 0 Å². The number of carbonyl (C=O) groups excluding carboxylic acids is 1. The molecule has 1 aliphatic heterocycles. The molecule has 0 aromatic heterocycles. The van der Waals surface area contributed by atoms with Gasteiger partial charge in [-0.25, -0.2) is 9.79 Å². The summed E-state index contributed by atoms with van der Waals surface area (Å²) in [5.41, 5.74) is 0.659. The van der Waals surface area contributed by atoms with Gasteiger partial charge in [0.25, 0.3) is 11.4 Å². The number of para-hydroxylation sites is 1. The van der Waals surface area contributed by atoms with Crippen molar-refractivity contribution >= 4 is 29.3 Å². The highest BCUT2D eigenvalue weighted by molar-refractivity contribution is 6.11. The Kier molecular flexibility index (Phi) is 4.84. The molecule has 27 heavy (non-hydrogen) atoms. The summed E-state index contributed by atoms with van der Waals surface area (Å²) in [6.07, 6.45) is 4.32. The molecule has 2 aromatic rings. The van der Waals surface area contributed by atoms with Crippen molar-refractivity contribution in [2.45, 2.75) is 0 Å². The zero-order chi connectivity index (χ0) is 19.4. The standard InChI is InChI=1S/C18H11N3O6/c22-18-15(6-3-5-12-4-1-2-7-16(12)21(25)26)19-17(27-18)13-8-10-14(11-9-13)20(23)24/h1-11H. The minimum absolute atomic E-state index is 0.0122. The van der Waals surface area contributed by atoms with Gasteiger partial charge in [-0.05, 0) is 30.4 Å². The summed E-state index contributed by atoms with van der Waals surface area (Å²) in [5.74, 6) is -0.657. The van der Waals surface area contributed by atoms with Crippen LogP contribution in [0.15, 0.2) is 71.4 Å². The average Bonchev–Trinajstić information content (AvgIpc) is 3.03. The molecule has 1 aliphatic rings. The first-order chi connectivity index (χ1) is 13.0. The number of nitrogens with zero attached hydrogens (tertiary/aromatic N) is 3. The molecule has 9 heteroatoms. The maximum atomic E-state index is 11.9. The fourth-order valence-corrected chi connectivity index (χ4v) is 2.31. The van der Waals surface area contributed by atoms with E-state index in [2.05, 4.69) is 4.99 Å². The van der Waals surface area contributed by atoms with Crippen molar-refractivity contribution in [1.82, 2.24) is 0 Å². The summed E-state index contributed by atoms with van der Waals surface area (Å²) in [4.78, 5) is 36.6. The molecule has 134 valence electrons. The normalized spacial score (nSPS) is 15.0. The average molecular weight is 365 g/mol. The molecule has 0 amide bonds. The van der Waals surface area contributed by atoms with Crippen LogP contribution in [-0.2, 0) is 9.53 Å². The molecule has 0 aliphatic carbocycles. The molecule has 9 nitrogen and oxygen atoms in total. The Morgan fingerprint density at radius 3 is 2.33 bits per heavy atom. The Morgan fingerprint density at radius 2 is 1.67 bits per heavy atom. The second-order valence-corrected chi connectivity index (χ2v) is 5.34. The largest absolute Gasteiger partial charge is 0.402 e. The predicted molar refractivity (Wildman–Crippen MR) is 95.9 cm³/mol. The van der Waals surface area contributed by atoms with Gasteiger partial charge in [0, 0.05) is 23.8 Å². The first kappa shape index (κ1) is 17.7. The van der Waals surface area contributed by atoms with E-state index in [9.17, 15) is 25.0 Å². The van der Waals surface area contributed by atoms with Gasteiger partial charge in [0.2, 0.25) is 5.90 Å². The topological polar surface area (TPSA) is 125 Å². The third-order valence-corrected chi connectivity index (χ3v) is 3.61. The monoisotopic (exact) mass is 365 g/mol. The third-order valence-electron chi connectivity index (χ3n) is 3.61. The highest BCUT2D eigenvalue weighted by atomic mass is 16.6. The molecule has 0 bridgehead atoms. The van der Waals surface area contributed by atoms with Crippen LogP contribution in [0, 0.1) is 20.2 Å². The zero-order valence-corrected chi connectivity index (χ0v) is 13.6. The van der Waals surface area contributed by atoms with E-state index < -0.39 is 15.8 Å². The van der Waals surface area contributed by atoms with E-state index in [1.807, 2.05) is 0 Å². The van der Waals surface area contributed by atoms with Crippen molar-refractivity contribution in [1.29, 1.82) is 0 Å². The molecule has 2 aromatic carbocycles. The fourth-order valence-electron chi connectivity index (χ4n) is 2.31. The molecule has 0 saturated carbocycles. The molecule has 3 rings (SSSR count). The van der Waals surface area contributed by atoms with Crippen molar-refractivity contribution in [3.8, 4) is 0 Å². The number of carbonyl (C=O) groups is 1. The molecule has 0 spiro atoms. The first-order valence-electron chi connectivity index (χ1n) is 7.63. The summed E-state index contributed by atoms with van der Waals surface area (Å²) < 4.78 is 5.06. The van der Waals surface area contributed by atoms with Gasteiger partial charge in [-0.15, -0.1) is 0 Å². The fraction of sp³-hybridized carbons (Fsp3) is 0. The first-order valence-corrected chi connectivity index (χ1v) is 7.63. The summed E-state index contributed by atoms with van der Waals surface area (Å²) in [6, 6.07) is 11.6. The van der Waals surface area contributed by atoms with Crippen molar-refractivity contribution in [3.63, 3.8) is 0 Å². The van der Waals surface area contributed by atoms with Crippen molar-refractivity contribution < 1.29 is 19.4 Å². The predicted octanol–water partition coefficient (Wildman–Crippen LogP) is 3.40. The van der Waals surface area contributed by atoms with Crippen LogP contribution in [-0.4, -0.2) is 21.7 Å². The van der Waals surface area contributed by atoms with Crippen LogP contribution >= 0.6 is 0 Å². The quantitative estimate of drug-likeness (QED) is 0.346. The second-order valence-electron chi connectivity index (χ2n) is 5.34. The number of nitro benzene ring substituents is 2. The summed E-state index contributed by atoms with van der Waals surface area (Å²) in [5, 5.41) is 21.6. The van der Waals surface area contributed by atoms with Gasteiger partial charge >= 0.3 is 5.97 Å². The molecular formula is C18H11N3O6. The molecule has 0 atom stereocenters. The smallest absolute Gasteiger partial charge is 0.363 e. The van der Waals surface area contributed by atoms with Gasteiger partial charge in [-0.2, -0.15) is 0 Å². The molecule has 0 N–H and O–H groups in total. The minimum atomic E-state index is -0.685. The van der Waals surface area contributed by atoms with Gasteiger partial charge in [0.05, 0.1) is 15.4 Å². The maximum absolute atomic E-state index is 11.9. The van der Waals surface area contributed by atoms with Crippen molar-refractivity contribution in [2.24, 2.45) is 4.99 Å². The molecule has 1 heterocycles. The number of aliphatic imine (C=N–C) groups is 1. The number of nitro groups is 2. The minimum Gasteiger partial charge on any atom is -0.402 e. The van der Waals surface area contributed by atoms with Crippen LogP contribution < -0.4 is 0 Å². The van der Waals surface area contributed by atoms with Crippen molar-refractivity contribution in [3.05, 3.63) is 97.7 Å². The Labute approximate surface area is 152 Å². The van der Waals surface area contributed by atoms with Crippen LogP contribution in [0.1, 0.15) is 11.1 Å². The van der Waals surface area contributed by atoms with Crippen LogP contribution in [0.2, 0.25) is 0 Å². The lowest BCUT2D eigenvalue weighted by Gasteiger charge is -1.98. The lowest BCUT2D eigenvalue weighted by molar-refractivity contribution is -0.385. The van der Waals surface area contributed by atoms with Crippen LogP contribution in [0.5, 0.6) is 0 Å². The van der Waals surface area contributed by atoms with Gasteiger partial charge in [-0.1, -0.05) is 18.2 Å². The summed E-state index contributed by atoms with van der Waals surface area (Å²) in [6.45, 7) is 0. The van der Waals surface area contributed by atoms with E-state index in [4.69, 9.17) is 4.74 Å². The number of hydrogen-bond donors (Lipinski definition) is 0. The Hall–Kier alpha value is -4.14. The number of ether oxygens (including phenoxy) is 1. The number of rotatable bonds is 5. The lowest BCUT2D eigenvalue weighted by atomic mass is 10.1. The number of esters is 1. The van der Waals surface area contributed by atoms with Gasteiger partial charge in [0.1, 0.15) is 0 Å². The molecule has 0 fully saturated rings. The number of allylic oxidation sites excluding steroid dienone is 2. The highest BCUT2D eigenvalue weighted by Gasteiger charge is 2.24. The van der Waals surface area contributed by atoms with Crippen LogP contribution in [0.4, 0.5) is 11.4 Å². The summed E-state index contributed by atoms with van der Waals surface area (Å²) in [7, 11) is 0. The number of non-ortho nitro benzene ring substituents is 1. The number of benzene rings is 2. The number of cyclic esters (lactones) is 1. The maximum Gasteiger partial charge on any atom is 0.363 e. The van der Waals surface area contributed by atoms with Crippen LogP contribution in [0.3, 0.4) is 0 Å². The number of hydrogen-bond acceptors (Lipinski definition) is 7. The third kappa shape index (κ3) is 3.93. The van der Waals surface area contributed by atoms with Gasteiger partial charge in [0.15, 0.2) is 5.70 Å². The molecule has 0 unspecified atom stereocenters. The molecule has 0 radical (unpaired) electrons. The van der Waals surface area contributed by atoms with Gasteiger partial charge < -0.3 is 4.74 Å². The zero-order valence-electron chi connectivity index (χ0n) is 13.6. The molecular weight excluding hydrogens is 354 g/mol. The Bertz CT molecular complexity index is 1020. The lowest BCUT2D eigenvalue weighted by Crippen LogP contribution is -2.05. The molecule has 0 saturated heterocycles. The Morgan fingerprint density at radius 1 is 0.963 bits per heavy atom. The van der Waals surface area contributed by atoms with E-state index in [0.29, 0.717) is 11.1 Å². The SMILES string of the molecule is O=C1OC(c2ccc([N+](=O)[O-])cc2)=NC1=CC=Cc1ccccc1[N+](=O)[O-]. The van der Waals surface area contributed by atoms with Crippen LogP contribution in [0.25, 0.3) is 6.08 Å². The van der Waals surface area contributed by atoms with Gasteiger partial charge in [-0.3, -0.25) is 20.2 Å². The van der Waals surface area contributed by atoms with Crippen molar-refractivity contribution in [2.75, 3.05) is 0 Å². The Balaban J connectivity index is 1.82. The van der Waals surface area contributed by atoms with E-state index in [1.165, 1.54) is 48.6 Å². The van der Waals surface area contributed by atoms with E-state index in [-0.39, 0.29) is 23.0 Å². The highest BCUT2D eigenvalue weighted by Crippen LogP contribution is 2.21. The van der Waals surface area contributed by atoms with E-state index in [1.54, 1.807) is 18.2 Å². The van der Waals surface area contributed by atoms with E-state index >= 15 is 0 Å². The second kappa shape index (κ2) is 7.40. The summed E-state index contributed by atoms with van der Waals surface area (Å²) >= 11 is 0.